The standard InChI is InChI=1S/C15H11BrN2O5/c16-12-8-14-13(22-4-5-23-14)7-11(12)15(19)17-9-2-1-3-10(6-9)18(20)21/h1-3,6-8H,4-5H2,(H,17,19). The quantitative estimate of drug-likeness (QED) is 0.652. The number of nitro benzene ring substituents is 1. The van der Waals surface area contributed by atoms with Crippen molar-refractivity contribution in [3.05, 3.63) is 56.5 Å². The predicted molar refractivity (Wildman–Crippen MR) is 86.2 cm³/mol. The van der Waals surface area contributed by atoms with E-state index >= 15 is 0 Å². The lowest BCUT2D eigenvalue weighted by atomic mass is 10.1. The van der Waals surface area contributed by atoms with Gasteiger partial charge in [0.05, 0.1) is 10.5 Å². The van der Waals surface area contributed by atoms with E-state index in [-0.39, 0.29) is 5.69 Å². The Morgan fingerprint density at radius 3 is 2.57 bits per heavy atom. The number of ether oxygens (including phenoxy) is 2. The van der Waals surface area contributed by atoms with E-state index in [2.05, 4.69) is 21.2 Å². The lowest BCUT2D eigenvalue weighted by Crippen LogP contribution is -2.17. The summed E-state index contributed by atoms with van der Waals surface area (Å²) in [7, 11) is 0. The van der Waals surface area contributed by atoms with Gasteiger partial charge in [0.15, 0.2) is 11.5 Å². The third-order valence-electron chi connectivity index (χ3n) is 3.19. The first kappa shape index (κ1) is 15.3. The molecule has 7 nitrogen and oxygen atoms in total. The van der Waals surface area contributed by atoms with Crippen LogP contribution in [0.25, 0.3) is 0 Å². The van der Waals surface area contributed by atoms with Crippen LogP contribution in [0.2, 0.25) is 0 Å². The average molecular weight is 379 g/mol. The molecule has 1 heterocycles. The molecule has 0 spiro atoms. The van der Waals surface area contributed by atoms with E-state index in [1.165, 1.54) is 18.2 Å². The summed E-state index contributed by atoms with van der Waals surface area (Å²) in [6, 6.07) is 8.98. The largest absolute Gasteiger partial charge is 0.486 e. The third-order valence-corrected chi connectivity index (χ3v) is 3.85. The summed E-state index contributed by atoms with van der Waals surface area (Å²) in [5.41, 5.74) is 0.593. The van der Waals surface area contributed by atoms with Crippen LogP contribution < -0.4 is 14.8 Å². The van der Waals surface area contributed by atoms with Gasteiger partial charge >= 0.3 is 0 Å². The van der Waals surface area contributed by atoms with Gasteiger partial charge in [-0.25, -0.2) is 0 Å². The normalized spacial score (nSPS) is 12.6. The Kier molecular flexibility index (Phi) is 4.16. The zero-order chi connectivity index (χ0) is 16.4. The fraction of sp³-hybridized carbons (Fsp3) is 0.133. The van der Waals surface area contributed by atoms with Crippen molar-refractivity contribution in [2.24, 2.45) is 0 Å². The summed E-state index contributed by atoms with van der Waals surface area (Å²) in [6.45, 7) is 0.874. The van der Waals surface area contributed by atoms with E-state index in [1.54, 1.807) is 18.2 Å². The van der Waals surface area contributed by atoms with Crippen LogP contribution in [-0.4, -0.2) is 24.0 Å². The molecule has 3 rings (SSSR count). The fourth-order valence-corrected chi connectivity index (χ4v) is 2.64. The molecule has 8 heteroatoms. The van der Waals surface area contributed by atoms with Gasteiger partial charge in [0.1, 0.15) is 13.2 Å². The molecule has 0 aliphatic carbocycles. The van der Waals surface area contributed by atoms with Crippen LogP contribution in [0.1, 0.15) is 10.4 Å². The molecule has 0 radical (unpaired) electrons. The second-order valence-electron chi connectivity index (χ2n) is 4.74. The van der Waals surface area contributed by atoms with E-state index in [0.29, 0.717) is 40.4 Å². The molecule has 1 N–H and O–H groups in total. The Hall–Kier alpha value is -2.61. The van der Waals surface area contributed by atoms with Crippen LogP contribution >= 0.6 is 15.9 Å². The molecule has 0 atom stereocenters. The molecule has 0 unspecified atom stereocenters. The highest BCUT2D eigenvalue weighted by Gasteiger charge is 2.19. The molecule has 23 heavy (non-hydrogen) atoms. The summed E-state index contributed by atoms with van der Waals surface area (Å²) >= 11 is 3.32. The highest BCUT2D eigenvalue weighted by molar-refractivity contribution is 9.10. The minimum Gasteiger partial charge on any atom is -0.486 e. The minimum absolute atomic E-state index is 0.0935. The van der Waals surface area contributed by atoms with E-state index in [4.69, 9.17) is 9.47 Å². The van der Waals surface area contributed by atoms with Crippen molar-refractivity contribution < 1.29 is 19.2 Å². The van der Waals surface area contributed by atoms with Gasteiger partial charge in [-0.1, -0.05) is 6.07 Å². The second-order valence-corrected chi connectivity index (χ2v) is 5.59. The Morgan fingerprint density at radius 1 is 1.17 bits per heavy atom. The number of hydrogen-bond acceptors (Lipinski definition) is 5. The molecule has 0 bridgehead atoms. The van der Waals surface area contributed by atoms with Gasteiger partial charge in [0.2, 0.25) is 0 Å². The molecule has 1 amide bonds. The molecule has 0 aromatic heterocycles. The van der Waals surface area contributed by atoms with Crippen LogP contribution in [0.5, 0.6) is 11.5 Å². The fourth-order valence-electron chi connectivity index (χ4n) is 2.13. The maximum atomic E-state index is 12.4. The number of fused-ring (bicyclic) bond motifs is 1. The molecule has 0 saturated heterocycles. The highest BCUT2D eigenvalue weighted by atomic mass is 79.9. The highest BCUT2D eigenvalue weighted by Crippen LogP contribution is 2.35. The van der Waals surface area contributed by atoms with Crippen molar-refractivity contribution in [3.8, 4) is 11.5 Å². The average Bonchev–Trinajstić information content (AvgIpc) is 2.54. The number of nitrogens with zero attached hydrogens (tertiary/aromatic N) is 1. The number of hydrogen-bond donors (Lipinski definition) is 1. The number of anilines is 1. The number of benzene rings is 2. The van der Waals surface area contributed by atoms with Gasteiger partial charge in [-0.3, -0.25) is 14.9 Å². The molecular weight excluding hydrogens is 368 g/mol. The number of carbonyl (C=O) groups is 1. The smallest absolute Gasteiger partial charge is 0.271 e. The zero-order valence-electron chi connectivity index (χ0n) is 11.7. The van der Waals surface area contributed by atoms with Crippen LogP contribution in [0.15, 0.2) is 40.9 Å². The molecule has 0 fully saturated rings. The first-order chi connectivity index (χ1) is 11.0. The van der Waals surface area contributed by atoms with Crippen molar-refractivity contribution in [1.82, 2.24) is 0 Å². The van der Waals surface area contributed by atoms with E-state index < -0.39 is 10.8 Å². The van der Waals surface area contributed by atoms with Gasteiger partial charge in [-0.15, -0.1) is 0 Å². The number of rotatable bonds is 3. The monoisotopic (exact) mass is 378 g/mol. The van der Waals surface area contributed by atoms with Gasteiger partial charge < -0.3 is 14.8 Å². The molecular formula is C15H11BrN2O5. The van der Waals surface area contributed by atoms with Crippen LogP contribution in [0, 0.1) is 10.1 Å². The Labute approximate surface area is 139 Å². The third kappa shape index (κ3) is 3.26. The minimum atomic E-state index is -0.518. The van der Waals surface area contributed by atoms with E-state index in [9.17, 15) is 14.9 Å². The van der Waals surface area contributed by atoms with Gasteiger partial charge in [0, 0.05) is 22.3 Å². The maximum absolute atomic E-state index is 12.4. The summed E-state index contributed by atoms with van der Waals surface area (Å²) < 4.78 is 11.4. The maximum Gasteiger partial charge on any atom is 0.271 e. The molecule has 1 aliphatic rings. The zero-order valence-corrected chi connectivity index (χ0v) is 13.3. The first-order valence-electron chi connectivity index (χ1n) is 6.69. The topological polar surface area (TPSA) is 90.7 Å². The van der Waals surface area contributed by atoms with Gasteiger partial charge in [-0.05, 0) is 34.1 Å². The SMILES string of the molecule is O=C(Nc1cccc([N+](=O)[O-])c1)c1cc2c(cc1Br)OCCO2. The number of nitrogens with one attached hydrogen (secondary N) is 1. The molecule has 2 aromatic carbocycles. The number of carbonyl (C=O) groups excluding carboxylic acids is 1. The number of nitro groups is 1. The van der Waals surface area contributed by atoms with Crippen molar-refractivity contribution in [3.63, 3.8) is 0 Å². The van der Waals surface area contributed by atoms with Gasteiger partial charge in [-0.2, -0.15) is 0 Å². The van der Waals surface area contributed by atoms with Crippen molar-refractivity contribution in [1.29, 1.82) is 0 Å². The summed E-state index contributed by atoms with van der Waals surface area (Å²) in [5.74, 6) is 0.646. The van der Waals surface area contributed by atoms with E-state index in [1.807, 2.05) is 0 Å². The molecule has 2 aromatic rings. The Balaban J connectivity index is 1.86. The predicted octanol–water partition coefficient (Wildman–Crippen LogP) is 3.38. The lowest BCUT2D eigenvalue weighted by Gasteiger charge is -2.19. The Morgan fingerprint density at radius 2 is 1.87 bits per heavy atom. The van der Waals surface area contributed by atoms with Crippen LogP contribution in [0.4, 0.5) is 11.4 Å². The number of non-ortho nitro benzene ring substituents is 1. The Bertz CT molecular complexity index is 793. The van der Waals surface area contributed by atoms with Crippen molar-refractivity contribution >= 4 is 33.2 Å². The molecule has 1 aliphatic heterocycles. The summed E-state index contributed by atoms with van der Waals surface area (Å²) in [5, 5.41) is 13.4. The number of halogens is 1. The lowest BCUT2D eigenvalue weighted by molar-refractivity contribution is -0.384. The summed E-state index contributed by atoms with van der Waals surface area (Å²) in [4.78, 5) is 22.7. The van der Waals surface area contributed by atoms with Crippen molar-refractivity contribution in [2.75, 3.05) is 18.5 Å². The van der Waals surface area contributed by atoms with Gasteiger partial charge in [0.25, 0.3) is 11.6 Å². The van der Waals surface area contributed by atoms with Crippen LogP contribution in [-0.2, 0) is 0 Å². The molecule has 118 valence electrons. The second kappa shape index (κ2) is 6.25. The van der Waals surface area contributed by atoms with Crippen LogP contribution in [0.3, 0.4) is 0 Å². The molecule has 0 saturated carbocycles. The van der Waals surface area contributed by atoms with Crippen molar-refractivity contribution in [2.45, 2.75) is 0 Å². The number of amides is 1. The van der Waals surface area contributed by atoms with E-state index in [0.717, 1.165) is 0 Å². The first-order valence-corrected chi connectivity index (χ1v) is 7.49. The summed E-state index contributed by atoms with van der Waals surface area (Å²) in [6.07, 6.45) is 0.